The molecule has 0 spiro atoms. The summed E-state index contributed by atoms with van der Waals surface area (Å²) in [5.41, 5.74) is 2.08. The van der Waals surface area contributed by atoms with Gasteiger partial charge in [0, 0.05) is 44.3 Å². The van der Waals surface area contributed by atoms with Crippen LogP contribution in [0.1, 0.15) is 41.3 Å². The normalized spacial score (nSPS) is 14.7. The Hall–Kier alpha value is -3.62. The summed E-state index contributed by atoms with van der Waals surface area (Å²) in [6.45, 7) is 4.09. The van der Waals surface area contributed by atoms with Crippen molar-refractivity contribution in [3.05, 3.63) is 81.6 Å². The zero-order valence-electron chi connectivity index (χ0n) is 23.6. The van der Waals surface area contributed by atoms with Crippen molar-refractivity contribution in [3.63, 3.8) is 0 Å². The molecule has 1 aliphatic heterocycles. The molecule has 226 valence electrons. The van der Waals surface area contributed by atoms with Crippen LogP contribution in [0, 0.1) is 0 Å². The highest BCUT2D eigenvalue weighted by Crippen LogP contribution is 2.16. The molecule has 1 atom stereocenters. The predicted octanol–water partition coefficient (Wildman–Crippen LogP) is 0.713. The maximum absolute atomic E-state index is 13.5. The lowest BCUT2D eigenvalue weighted by atomic mass is 10.1. The number of rotatable bonds is 15. The third kappa shape index (κ3) is 8.46. The minimum absolute atomic E-state index is 0.00204. The van der Waals surface area contributed by atoms with Gasteiger partial charge >= 0.3 is 5.97 Å². The molecule has 4 rings (SSSR count). The number of fused-ring (bicyclic) bond motifs is 1. The molecule has 0 aliphatic carbocycles. The molecule has 12 nitrogen and oxygen atoms in total. The second-order valence-corrected chi connectivity index (χ2v) is 12.1. The Morgan fingerprint density at radius 3 is 2.52 bits per heavy atom. The van der Waals surface area contributed by atoms with E-state index in [2.05, 4.69) is 26.0 Å². The molecule has 1 fully saturated rings. The number of carboxylic acid groups (broad SMARTS) is 1. The number of carbonyl (C=O) groups is 2. The van der Waals surface area contributed by atoms with E-state index in [1.807, 2.05) is 54.0 Å². The van der Waals surface area contributed by atoms with Crippen LogP contribution in [-0.4, -0.2) is 67.7 Å². The van der Waals surface area contributed by atoms with E-state index in [1.165, 1.54) is 6.20 Å². The van der Waals surface area contributed by atoms with E-state index in [-0.39, 0.29) is 17.6 Å². The van der Waals surface area contributed by atoms with E-state index in [9.17, 15) is 27.9 Å². The molecule has 2 aromatic carbocycles. The fourth-order valence-corrected chi connectivity index (χ4v) is 6.14. The fraction of sp³-hybridized carbons (Fsp3) is 0.414. The van der Waals surface area contributed by atoms with Crippen LogP contribution in [0.2, 0.25) is 0 Å². The van der Waals surface area contributed by atoms with Crippen molar-refractivity contribution in [2.24, 2.45) is 0 Å². The topological polar surface area (TPSA) is 171 Å². The number of unbranched alkanes of at least 4 members (excludes halogenated alkanes) is 1. The van der Waals surface area contributed by atoms with Crippen molar-refractivity contribution >= 4 is 32.8 Å². The van der Waals surface area contributed by atoms with Crippen LogP contribution in [0.15, 0.2) is 59.5 Å². The Balaban J connectivity index is 1.58. The molecule has 1 amide bonds. The number of aryl methyl sites for hydroxylation is 2. The third-order valence-electron chi connectivity index (χ3n) is 7.06. The summed E-state index contributed by atoms with van der Waals surface area (Å²) >= 11 is 0. The number of benzene rings is 2. The average Bonchev–Trinajstić information content (AvgIpc) is 3.51. The van der Waals surface area contributed by atoms with Crippen molar-refractivity contribution in [1.82, 2.24) is 30.6 Å². The minimum Gasteiger partial charge on any atom is -0.480 e. The standard InChI is InChI=1S/C29H38N6O6S/c1-2-3-15-42(40,41)34-24(28(38)39)18-32-27(37)23-19-35(14-11-20-7-5-4-6-8-20)25-16-21(9-10-22(25)26(23)36)17-33-29-30-12-13-31-29/h4-10,16,19,24,29-31,33-34H,2-3,11-15,17-18H2,1H3,(H,32,37)(H,38,39). The lowest BCUT2D eigenvalue weighted by Crippen LogP contribution is -2.49. The summed E-state index contributed by atoms with van der Waals surface area (Å²) in [6.07, 6.45) is 3.14. The third-order valence-corrected chi connectivity index (χ3v) is 8.53. The van der Waals surface area contributed by atoms with Crippen LogP contribution in [-0.2, 0) is 34.3 Å². The quantitative estimate of drug-likeness (QED) is 0.147. The fourth-order valence-electron chi connectivity index (χ4n) is 4.74. The molecule has 1 aromatic heterocycles. The number of hydrogen-bond donors (Lipinski definition) is 6. The van der Waals surface area contributed by atoms with Crippen LogP contribution in [0.5, 0.6) is 0 Å². The first-order valence-corrected chi connectivity index (χ1v) is 15.7. The van der Waals surface area contributed by atoms with Crippen LogP contribution in [0.4, 0.5) is 0 Å². The molecular weight excluding hydrogens is 560 g/mol. The maximum Gasteiger partial charge on any atom is 0.323 e. The van der Waals surface area contributed by atoms with Gasteiger partial charge in [-0.15, -0.1) is 0 Å². The Bertz CT molecular complexity index is 1550. The Kier molecular flexibility index (Phi) is 10.8. The number of nitrogens with one attached hydrogen (secondary N) is 5. The van der Waals surface area contributed by atoms with Crippen molar-refractivity contribution in [2.45, 2.75) is 51.6 Å². The van der Waals surface area contributed by atoms with Gasteiger partial charge in [0.25, 0.3) is 5.91 Å². The monoisotopic (exact) mass is 598 g/mol. The van der Waals surface area contributed by atoms with E-state index in [1.54, 1.807) is 6.07 Å². The van der Waals surface area contributed by atoms with E-state index in [0.29, 0.717) is 43.3 Å². The molecule has 0 saturated carbocycles. The van der Waals surface area contributed by atoms with Crippen molar-refractivity contribution in [1.29, 1.82) is 0 Å². The number of carboxylic acids is 1. The summed E-state index contributed by atoms with van der Waals surface area (Å²) in [5, 5.41) is 22.3. The number of nitrogens with zero attached hydrogens (tertiary/aromatic N) is 1. The first kappa shape index (κ1) is 31.3. The lowest BCUT2D eigenvalue weighted by molar-refractivity contribution is -0.138. The van der Waals surface area contributed by atoms with E-state index in [4.69, 9.17) is 0 Å². The molecule has 1 aliphatic rings. The summed E-state index contributed by atoms with van der Waals surface area (Å²) in [7, 11) is -3.85. The number of aromatic nitrogens is 1. The molecule has 3 aromatic rings. The number of aliphatic carboxylic acids is 1. The molecule has 42 heavy (non-hydrogen) atoms. The van der Waals surface area contributed by atoms with Crippen LogP contribution < -0.4 is 31.4 Å². The van der Waals surface area contributed by atoms with Gasteiger partial charge in [-0.25, -0.2) is 8.42 Å². The molecule has 13 heteroatoms. The second kappa shape index (κ2) is 14.5. The predicted molar refractivity (Wildman–Crippen MR) is 161 cm³/mol. The first-order chi connectivity index (χ1) is 20.2. The SMILES string of the molecule is CCCCS(=O)(=O)NC(CNC(=O)c1cn(CCc2ccccc2)c2cc(CNC3NCCN3)ccc2c1=O)C(=O)O. The van der Waals surface area contributed by atoms with Gasteiger partial charge in [-0.1, -0.05) is 49.7 Å². The lowest BCUT2D eigenvalue weighted by Gasteiger charge is -2.18. The smallest absolute Gasteiger partial charge is 0.323 e. The average molecular weight is 599 g/mol. The van der Waals surface area contributed by atoms with Gasteiger partial charge in [-0.05, 0) is 36.1 Å². The maximum atomic E-state index is 13.5. The molecule has 6 N–H and O–H groups in total. The van der Waals surface area contributed by atoms with Gasteiger partial charge < -0.3 is 15.0 Å². The van der Waals surface area contributed by atoms with Gasteiger partial charge in [-0.3, -0.25) is 30.3 Å². The van der Waals surface area contributed by atoms with Crippen LogP contribution >= 0.6 is 0 Å². The summed E-state index contributed by atoms with van der Waals surface area (Å²) in [4.78, 5) is 38.4. The number of pyridine rings is 1. The van der Waals surface area contributed by atoms with Crippen LogP contribution in [0.3, 0.4) is 0 Å². The zero-order valence-corrected chi connectivity index (χ0v) is 24.4. The van der Waals surface area contributed by atoms with E-state index < -0.39 is 39.9 Å². The van der Waals surface area contributed by atoms with Crippen molar-refractivity contribution in [2.75, 3.05) is 25.4 Å². The first-order valence-electron chi connectivity index (χ1n) is 14.1. The molecule has 0 radical (unpaired) electrons. The van der Waals surface area contributed by atoms with Crippen molar-refractivity contribution in [3.8, 4) is 0 Å². The number of hydrogen-bond acceptors (Lipinski definition) is 8. The number of carbonyl (C=O) groups excluding carboxylic acids is 1. The Labute approximate surface area is 244 Å². The molecular formula is C29H38N6O6S. The molecule has 1 saturated heterocycles. The van der Waals surface area contributed by atoms with Gasteiger partial charge in [0.2, 0.25) is 15.5 Å². The minimum atomic E-state index is -3.85. The van der Waals surface area contributed by atoms with Gasteiger partial charge in [-0.2, -0.15) is 4.72 Å². The number of amides is 1. The highest BCUT2D eigenvalue weighted by molar-refractivity contribution is 7.89. The molecule has 0 bridgehead atoms. The molecule has 2 heterocycles. The summed E-state index contributed by atoms with van der Waals surface area (Å²) < 4.78 is 28.5. The Morgan fingerprint density at radius 2 is 1.83 bits per heavy atom. The van der Waals surface area contributed by atoms with Gasteiger partial charge in [0.1, 0.15) is 17.9 Å². The van der Waals surface area contributed by atoms with E-state index >= 15 is 0 Å². The van der Waals surface area contributed by atoms with Gasteiger partial charge in [0.15, 0.2) is 0 Å². The summed E-state index contributed by atoms with van der Waals surface area (Å²) in [6, 6.07) is 13.7. The van der Waals surface area contributed by atoms with E-state index in [0.717, 1.165) is 24.2 Å². The highest BCUT2D eigenvalue weighted by atomic mass is 32.2. The van der Waals surface area contributed by atoms with Crippen LogP contribution in [0.25, 0.3) is 10.9 Å². The van der Waals surface area contributed by atoms with Gasteiger partial charge in [0.05, 0.1) is 11.3 Å². The Morgan fingerprint density at radius 1 is 1.10 bits per heavy atom. The zero-order chi connectivity index (χ0) is 30.1. The largest absolute Gasteiger partial charge is 0.480 e. The summed E-state index contributed by atoms with van der Waals surface area (Å²) in [5.74, 6) is -2.43. The molecule has 1 unspecified atom stereocenters. The highest BCUT2D eigenvalue weighted by Gasteiger charge is 2.25. The second-order valence-electron chi connectivity index (χ2n) is 10.3. The van der Waals surface area contributed by atoms with Crippen molar-refractivity contribution < 1.29 is 23.1 Å². The number of sulfonamides is 1.